The molecule has 0 bridgehead atoms. The lowest BCUT2D eigenvalue weighted by molar-refractivity contribution is 0.102. The number of carbonyl (C=O) groups excluding carboxylic acids is 1. The molecule has 4 nitrogen and oxygen atoms in total. The van der Waals surface area contributed by atoms with Crippen LogP contribution in [0.2, 0.25) is 0 Å². The zero-order valence-electron chi connectivity index (χ0n) is 13.6. The van der Waals surface area contributed by atoms with Crippen LogP contribution < -0.4 is 10.1 Å². The quantitative estimate of drug-likeness (QED) is 0.755. The minimum absolute atomic E-state index is 0.176. The summed E-state index contributed by atoms with van der Waals surface area (Å²) < 4.78 is 5.66. The molecule has 0 radical (unpaired) electrons. The van der Waals surface area contributed by atoms with Gasteiger partial charge in [0.05, 0.1) is 0 Å². The van der Waals surface area contributed by atoms with E-state index in [1.807, 2.05) is 44.2 Å². The maximum absolute atomic E-state index is 12.4. The van der Waals surface area contributed by atoms with Crippen molar-refractivity contribution in [2.24, 2.45) is 0 Å². The van der Waals surface area contributed by atoms with Gasteiger partial charge in [0.2, 0.25) is 5.88 Å². The van der Waals surface area contributed by atoms with Crippen LogP contribution in [0.4, 0.5) is 5.69 Å². The molecule has 3 rings (SSSR count). The highest BCUT2D eigenvalue weighted by molar-refractivity contribution is 6.04. The summed E-state index contributed by atoms with van der Waals surface area (Å²) in [6, 6.07) is 18.3. The summed E-state index contributed by atoms with van der Waals surface area (Å²) >= 11 is 0. The number of nitrogens with one attached hydrogen (secondary N) is 1. The molecule has 0 atom stereocenters. The Labute approximate surface area is 141 Å². The Balaban J connectivity index is 1.75. The van der Waals surface area contributed by atoms with Crippen molar-refractivity contribution in [1.82, 2.24) is 4.98 Å². The molecule has 120 valence electrons. The van der Waals surface area contributed by atoms with Gasteiger partial charge in [0, 0.05) is 23.5 Å². The van der Waals surface area contributed by atoms with Gasteiger partial charge in [-0.25, -0.2) is 4.98 Å². The number of amides is 1. The van der Waals surface area contributed by atoms with Crippen LogP contribution in [0.15, 0.2) is 66.9 Å². The SMILES string of the molecule is Cc1ccc(NC(=O)c2cccc(Oc3ccccn3)c2)cc1C. The molecule has 0 aliphatic rings. The number of pyridine rings is 1. The second-order valence-corrected chi connectivity index (χ2v) is 5.55. The number of aryl methyl sites for hydroxylation is 2. The number of benzene rings is 2. The topological polar surface area (TPSA) is 51.2 Å². The van der Waals surface area contributed by atoms with Gasteiger partial charge in [0.15, 0.2) is 0 Å². The van der Waals surface area contributed by atoms with Crippen LogP contribution >= 0.6 is 0 Å². The molecule has 0 aliphatic heterocycles. The highest BCUT2D eigenvalue weighted by atomic mass is 16.5. The van der Waals surface area contributed by atoms with E-state index < -0.39 is 0 Å². The van der Waals surface area contributed by atoms with Crippen molar-refractivity contribution in [3.8, 4) is 11.6 Å². The first-order valence-corrected chi connectivity index (χ1v) is 7.69. The first-order chi connectivity index (χ1) is 11.6. The average Bonchev–Trinajstić information content (AvgIpc) is 2.59. The van der Waals surface area contributed by atoms with E-state index >= 15 is 0 Å². The summed E-state index contributed by atoms with van der Waals surface area (Å²) in [7, 11) is 0. The molecule has 0 aliphatic carbocycles. The summed E-state index contributed by atoms with van der Waals surface area (Å²) in [5, 5.41) is 2.91. The van der Waals surface area contributed by atoms with Gasteiger partial charge in [-0.2, -0.15) is 0 Å². The predicted molar refractivity (Wildman–Crippen MR) is 94.6 cm³/mol. The normalized spacial score (nSPS) is 10.2. The first-order valence-electron chi connectivity index (χ1n) is 7.69. The number of rotatable bonds is 4. The minimum Gasteiger partial charge on any atom is -0.439 e. The fraction of sp³-hybridized carbons (Fsp3) is 0.100. The Bertz CT molecular complexity index is 861. The summed E-state index contributed by atoms with van der Waals surface area (Å²) in [4.78, 5) is 16.5. The van der Waals surface area contributed by atoms with Gasteiger partial charge in [0.1, 0.15) is 5.75 Å². The largest absolute Gasteiger partial charge is 0.439 e. The van der Waals surface area contributed by atoms with Crippen LogP contribution in [0.25, 0.3) is 0 Å². The van der Waals surface area contributed by atoms with Crippen LogP contribution in [0.3, 0.4) is 0 Å². The minimum atomic E-state index is -0.176. The lowest BCUT2D eigenvalue weighted by atomic mass is 10.1. The number of carbonyl (C=O) groups is 1. The van der Waals surface area contributed by atoms with Crippen molar-refractivity contribution in [2.75, 3.05) is 5.32 Å². The molecule has 0 fully saturated rings. The molecule has 0 spiro atoms. The van der Waals surface area contributed by atoms with E-state index in [0.29, 0.717) is 17.2 Å². The van der Waals surface area contributed by atoms with Gasteiger partial charge in [-0.05, 0) is 61.4 Å². The Hall–Kier alpha value is -3.14. The third kappa shape index (κ3) is 3.79. The van der Waals surface area contributed by atoms with E-state index in [1.165, 1.54) is 5.56 Å². The van der Waals surface area contributed by atoms with Crippen LogP contribution in [-0.2, 0) is 0 Å². The van der Waals surface area contributed by atoms with Gasteiger partial charge in [-0.3, -0.25) is 4.79 Å². The van der Waals surface area contributed by atoms with Crippen LogP contribution in [0, 0.1) is 13.8 Å². The van der Waals surface area contributed by atoms with Crippen LogP contribution in [0.1, 0.15) is 21.5 Å². The molecular weight excluding hydrogens is 300 g/mol. The fourth-order valence-corrected chi connectivity index (χ4v) is 2.25. The van der Waals surface area contributed by atoms with Gasteiger partial charge in [-0.15, -0.1) is 0 Å². The first kappa shape index (κ1) is 15.7. The number of aromatic nitrogens is 1. The average molecular weight is 318 g/mol. The molecule has 1 aromatic heterocycles. The lowest BCUT2D eigenvalue weighted by Gasteiger charge is -2.09. The van der Waals surface area contributed by atoms with Crippen molar-refractivity contribution in [1.29, 1.82) is 0 Å². The van der Waals surface area contributed by atoms with E-state index in [0.717, 1.165) is 11.3 Å². The zero-order chi connectivity index (χ0) is 16.9. The van der Waals surface area contributed by atoms with E-state index in [9.17, 15) is 4.79 Å². The third-order valence-corrected chi connectivity index (χ3v) is 3.72. The highest BCUT2D eigenvalue weighted by Gasteiger charge is 2.08. The summed E-state index contributed by atoms with van der Waals surface area (Å²) in [5.74, 6) is 0.885. The zero-order valence-corrected chi connectivity index (χ0v) is 13.6. The van der Waals surface area contributed by atoms with Crippen molar-refractivity contribution >= 4 is 11.6 Å². The molecule has 1 heterocycles. The van der Waals surface area contributed by atoms with Gasteiger partial charge < -0.3 is 10.1 Å². The van der Waals surface area contributed by atoms with Crippen molar-refractivity contribution in [3.63, 3.8) is 0 Å². The number of ether oxygens (including phenoxy) is 1. The van der Waals surface area contributed by atoms with Crippen LogP contribution in [0.5, 0.6) is 11.6 Å². The van der Waals surface area contributed by atoms with Crippen LogP contribution in [-0.4, -0.2) is 10.9 Å². The van der Waals surface area contributed by atoms with E-state index in [-0.39, 0.29) is 5.91 Å². The number of nitrogens with zero attached hydrogens (tertiary/aromatic N) is 1. The molecule has 24 heavy (non-hydrogen) atoms. The number of hydrogen-bond acceptors (Lipinski definition) is 3. The third-order valence-electron chi connectivity index (χ3n) is 3.72. The Morgan fingerprint density at radius 1 is 0.958 bits per heavy atom. The summed E-state index contributed by atoms with van der Waals surface area (Å²) in [5.41, 5.74) is 3.64. The molecule has 0 saturated carbocycles. The second-order valence-electron chi connectivity index (χ2n) is 5.55. The van der Waals surface area contributed by atoms with E-state index in [2.05, 4.69) is 10.3 Å². The van der Waals surface area contributed by atoms with E-state index in [4.69, 9.17) is 4.74 Å². The predicted octanol–water partition coefficient (Wildman–Crippen LogP) is 4.74. The molecule has 1 amide bonds. The molecular formula is C20H18N2O2. The molecule has 0 saturated heterocycles. The highest BCUT2D eigenvalue weighted by Crippen LogP contribution is 2.21. The number of hydrogen-bond donors (Lipinski definition) is 1. The van der Waals surface area contributed by atoms with Gasteiger partial charge >= 0.3 is 0 Å². The lowest BCUT2D eigenvalue weighted by Crippen LogP contribution is -2.12. The van der Waals surface area contributed by atoms with Gasteiger partial charge in [0.25, 0.3) is 5.91 Å². The molecule has 4 heteroatoms. The summed E-state index contributed by atoms with van der Waals surface area (Å²) in [6.07, 6.45) is 1.66. The van der Waals surface area contributed by atoms with Crippen molar-refractivity contribution in [2.45, 2.75) is 13.8 Å². The molecule has 1 N–H and O–H groups in total. The van der Waals surface area contributed by atoms with Gasteiger partial charge in [-0.1, -0.05) is 18.2 Å². The maximum Gasteiger partial charge on any atom is 0.255 e. The summed E-state index contributed by atoms with van der Waals surface area (Å²) in [6.45, 7) is 4.06. The maximum atomic E-state index is 12.4. The second kappa shape index (κ2) is 6.96. The Morgan fingerprint density at radius 3 is 2.58 bits per heavy atom. The molecule has 2 aromatic carbocycles. The van der Waals surface area contributed by atoms with E-state index in [1.54, 1.807) is 36.5 Å². The van der Waals surface area contributed by atoms with Crippen molar-refractivity contribution < 1.29 is 9.53 Å². The monoisotopic (exact) mass is 318 g/mol. The molecule has 0 unspecified atom stereocenters. The van der Waals surface area contributed by atoms with Crippen molar-refractivity contribution in [3.05, 3.63) is 83.6 Å². The fourth-order valence-electron chi connectivity index (χ4n) is 2.25. The molecule has 3 aromatic rings. The Kier molecular flexibility index (Phi) is 4.57. The Morgan fingerprint density at radius 2 is 1.83 bits per heavy atom. The number of anilines is 1. The standard InChI is InChI=1S/C20H18N2O2/c1-14-9-10-17(12-15(14)2)22-20(23)16-6-5-7-18(13-16)24-19-8-3-4-11-21-19/h3-13H,1-2H3,(H,22,23). The smallest absolute Gasteiger partial charge is 0.255 e.